The largest absolute Gasteiger partial charge is 0.508 e. The van der Waals surface area contributed by atoms with E-state index in [1.54, 1.807) is 30.3 Å². The summed E-state index contributed by atoms with van der Waals surface area (Å²) in [5.74, 6) is -8.73. The van der Waals surface area contributed by atoms with Gasteiger partial charge in [-0.25, -0.2) is 4.79 Å². The summed E-state index contributed by atoms with van der Waals surface area (Å²) in [4.78, 5) is 168. The Kier molecular flexibility index (Phi) is 25.0. The molecule has 0 aromatic heterocycles. The number of aliphatic hydroxyl groups excluding tert-OH is 2. The SMILES string of the molecule is CSCC[C@H](NC(=O)[C@@H]1CCCN1C(=O)[C@@H]1CCCN1C(=O)[C@H](C)NC(=O)CNC(=O)[C@H](CO)NC(=O)[C@H](CO)NC(=O)[C@H](Cc1ccc(O)cc1)NC(=O)[C@H](C)N)C(=O)N1CCC[C@H]1C(=O)N1CCC[C@H]1C(=O)N[C@@H](Cc1ccccc1)C(=O)O. The molecule has 28 nitrogen and oxygen atoms in total. The lowest BCUT2D eigenvalue weighted by Gasteiger charge is -2.34. The summed E-state index contributed by atoms with van der Waals surface area (Å²) in [6, 6.07) is 1.41. The first-order chi connectivity index (χ1) is 41.1. The molecule has 0 saturated carbocycles. The van der Waals surface area contributed by atoms with E-state index in [0.29, 0.717) is 55.4 Å². The number of carboxylic acid groups (broad SMARTS) is 1. The molecule has 0 spiro atoms. The number of thioether (sulfide) groups is 1. The normalized spacial score (nSPS) is 20.7. The van der Waals surface area contributed by atoms with Crippen molar-refractivity contribution >= 4 is 82.7 Å². The second-order valence-electron chi connectivity index (χ2n) is 21.9. The Morgan fingerprint density at radius 3 is 1.51 bits per heavy atom. The van der Waals surface area contributed by atoms with Crippen molar-refractivity contribution in [3.8, 4) is 5.75 Å². The first kappa shape index (κ1) is 67.2. The fourth-order valence-corrected chi connectivity index (χ4v) is 11.5. The number of aromatic hydroxyl groups is 1. The molecule has 4 fully saturated rings. The molecular formula is C57H80N12O16S. The van der Waals surface area contributed by atoms with Crippen LogP contribution < -0.4 is 43.0 Å². The Morgan fingerprint density at radius 1 is 0.547 bits per heavy atom. The van der Waals surface area contributed by atoms with Gasteiger partial charge in [-0.2, -0.15) is 11.8 Å². The number of nitrogens with zero attached hydrogens (tertiary/aromatic N) is 4. The molecular weight excluding hydrogens is 1140 g/mol. The highest BCUT2D eigenvalue weighted by Gasteiger charge is 2.47. The van der Waals surface area contributed by atoms with Crippen LogP contribution in [0.25, 0.3) is 0 Å². The molecule has 2 aromatic carbocycles. The molecule has 6 rings (SSSR count). The number of hydrogen-bond acceptors (Lipinski definition) is 17. The molecule has 29 heteroatoms. The van der Waals surface area contributed by atoms with E-state index >= 15 is 0 Å². The third kappa shape index (κ3) is 17.8. The Hall–Kier alpha value is -7.89. The van der Waals surface area contributed by atoms with Gasteiger partial charge in [0.15, 0.2) is 0 Å². The van der Waals surface area contributed by atoms with Crippen LogP contribution in [-0.4, -0.2) is 235 Å². The van der Waals surface area contributed by atoms with Gasteiger partial charge in [-0.05, 0) is 107 Å². The zero-order valence-electron chi connectivity index (χ0n) is 48.4. The van der Waals surface area contributed by atoms with Crippen molar-refractivity contribution in [3.05, 3.63) is 65.7 Å². The molecule has 0 unspecified atom stereocenters. The average Bonchev–Trinajstić information content (AvgIpc) is 4.00. The van der Waals surface area contributed by atoms with Crippen LogP contribution in [0, 0.1) is 0 Å². The fourth-order valence-electron chi connectivity index (χ4n) is 11.0. The highest BCUT2D eigenvalue weighted by atomic mass is 32.2. The monoisotopic (exact) mass is 1220 g/mol. The van der Waals surface area contributed by atoms with Gasteiger partial charge in [0.05, 0.1) is 25.8 Å². The van der Waals surface area contributed by atoms with Gasteiger partial charge >= 0.3 is 5.97 Å². The van der Waals surface area contributed by atoms with Gasteiger partial charge < -0.3 is 83.0 Å². The number of carbonyl (C=O) groups is 12. The average molecular weight is 1220 g/mol. The van der Waals surface area contributed by atoms with E-state index < -0.39 is 157 Å². The summed E-state index contributed by atoms with van der Waals surface area (Å²) in [7, 11) is 0. The van der Waals surface area contributed by atoms with Crippen molar-refractivity contribution in [2.24, 2.45) is 5.73 Å². The summed E-state index contributed by atoms with van der Waals surface area (Å²) >= 11 is 1.45. The second-order valence-corrected chi connectivity index (χ2v) is 22.9. The van der Waals surface area contributed by atoms with Gasteiger partial charge in [0.25, 0.3) is 0 Å². The van der Waals surface area contributed by atoms with Crippen LogP contribution >= 0.6 is 11.8 Å². The topological polar surface area (TPSA) is 409 Å². The number of benzene rings is 2. The van der Waals surface area contributed by atoms with Gasteiger partial charge in [-0.3, -0.25) is 52.7 Å². The van der Waals surface area contributed by atoms with Crippen LogP contribution in [0.5, 0.6) is 5.75 Å². The molecule has 11 atom stereocenters. The second kappa shape index (κ2) is 32.0. The number of phenols is 1. The van der Waals surface area contributed by atoms with Crippen molar-refractivity contribution in [1.29, 1.82) is 0 Å². The van der Waals surface area contributed by atoms with E-state index in [2.05, 4.69) is 37.2 Å². The number of likely N-dealkylation sites (tertiary alicyclic amines) is 4. The molecule has 86 heavy (non-hydrogen) atoms. The van der Waals surface area contributed by atoms with E-state index in [9.17, 15) is 78.0 Å². The lowest BCUT2D eigenvalue weighted by Crippen LogP contribution is -2.60. The molecule has 4 saturated heterocycles. The van der Waals surface area contributed by atoms with Gasteiger partial charge in [-0.1, -0.05) is 42.5 Å². The third-order valence-corrected chi connectivity index (χ3v) is 16.3. The minimum absolute atomic E-state index is 0.0382. The molecule has 11 amide bonds. The van der Waals surface area contributed by atoms with E-state index in [0.717, 1.165) is 0 Å². The maximum absolute atomic E-state index is 14.5. The number of rotatable bonds is 28. The summed E-state index contributed by atoms with van der Waals surface area (Å²) in [6.45, 7) is 0.815. The number of amides is 11. The van der Waals surface area contributed by atoms with Crippen LogP contribution in [-0.2, 0) is 70.4 Å². The lowest BCUT2D eigenvalue weighted by molar-refractivity contribution is -0.149. The molecule has 0 radical (unpaired) electrons. The Morgan fingerprint density at radius 2 is 1.00 bits per heavy atom. The van der Waals surface area contributed by atoms with Gasteiger partial charge in [-0.15, -0.1) is 0 Å². The Labute approximate surface area is 501 Å². The first-order valence-corrected chi connectivity index (χ1v) is 30.3. The van der Waals surface area contributed by atoms with E-state index in [4.69, 9.17) is 5.73 Å². The maximum atomic E-state index is 14.5. The standard InChI is InChI=1S/C57H80N12O16S/c1-32(58)47(74)62-38(27-35-17-19-36(72)20-18-35)49(76)65-41(31-71)50(77)64-40(30-70)48(75)59-29-46(73)60-33(2)53(80)68-24-9-15-44(68)55(82)66-22-7-13-42(66)51(78)61-37(21-26-86-3)54(81)69-25-10-16-45(69)56(83)67-23-8-14-43(67)52(79)63-39(57(84)85)28-34-11-5-4-6-12-34/h4-6,11-12,17-20,32-33,37-45,70-72H,7-10,13-16,21-31,58H2,1-3H3,(H,59,75)(H,60,73)(H,61,78)(H,62,74)(H,63,79)(H,64,77)(H,65,76)(H,84,85)/t32-,33-,37-,38-,39-,40-,41-,42-,43-,44-,45-/m0/s1. The highest BCUT2D eigenvalue weighted by molar-refractivity contribution is 7.98. The van der Waals surface area contributed by atoms with E-state index in [1.807, 2.05) is 6.26 Å². The molecule has 2 aromatic rings. The van der Waals surface area contributed by atoms with Gasteiger partial charge in [0.2, 0.25) is 65.0 Å². The molecule has 4 aliphatic heterocycles. The summed E-state index contributed by atoms with van der Waals surface area (Å²) < 4.78 is 0. The predicted octanol–water partition coefficient (Wildman–Crippen LogP) is -3.64. The zero-order valence-corrected chi connectivity index (χ0v) is 49.3. The van der Waals surface area contributed by atoms with Crippen molar-refractivity contribution < 1.29 is 78.0 Å². The van der Waals surface area contributed by atoms with Crippen molar-refractivity contribution in [2.45, 2.75) is 151 Å². The van der Waals surface area contributed by atoms with Crippen LogP contribution in [0.2, 0.25) is 0 Å². The quantitative estimate of drug-likeness (QED) is 0.0391. The number of nitrogens with two attached hydrogens (primary N) is 1. The smallest absolute Gasteiger partial charge is 0.326 e. The van der Waals surface area contributed by atoms with Gasteiger partial charge in [0, 0.05) is 39.0 Å². The highest BCUT2D eigenvalue weighted by Crippen LogP contribution is 2.29. The maximum Gasteiger partial charge on any atom is 0.326 e. The van der Waals surface area contributed by atoms with Crippen LogP contribution in [0.3, 0.4) is 0 Å². The third-order valence-electron chi connectivity index (χ3n) is 15.7. The molecule has 470 valence electrons. The molecule has 0 bridgehead atoms. The predicted molar refractivity (Wildman–Crippen MR) is 310 cm³/mol. The minimum atomic E-state index is -1.70. The number of phenolic OH excluding ortho intramolecular Hbond substituents is 1. The number of carboxylic acids is 1. The van der Waals surface area contributed by atoms with Crippen molar-refractivity contribution in [3.63, 3.8) is 0 Å². The number of aliphatic hydroxyl groups is 2. The molecule has 4 aliphatic rings. The van der Waals surface area contributed by atoms with Gasteiger partial charge in [0.1, 0.15) is 66.2 Å². The number of aliphatic carboxylic acids is 1. The molecule has 0 aliphatic carbocycles. The number of hydrogen-bond donors (Lipinski definition) is 12. The summed E-state index contributed by atoms with van der Waals surface area (Å²) in [5.41, 5.74) is 6.89. The van der Waals surface area contributed by atoms with Crippen molar-refractivity contribution in [2.75, 3.05) is 57.9 Å². The van der Waals surface area contributed by atoms with Crippen LogP contribution in [0.1, 0.15) is 82.8 Å². The summed E-state index contributed by atoms with van der Waals surface area (Å²) in [6.07, 6.45) is 4.92. The van der Waals surface area contributed by atoms with E-state index in [-0.39, 0.29) is 64.0 Å². The molecule has 4 heterocycles. The Balaban J connectivity index is 1.00. The van der Waals surface area contributed by atoms with E-state index in [1.165, 1.54) is 69.5 Å². The first-order valence-electron chi connectivity index (χ1n) is 28.9. The van der Waals surface area contributed by atoms with Crippen LogP contribution in [0.4, 0.5) is 0 Å². The minimum Gasteiger partial charge on any atom is -0.508 e. The lowest BCUT2D eigenvalue weighted by atomic mass is 10.0. The van der Waals surface area contributed by atoms with Crippen molar-refractivity contribution in [1.82, 2.24) is 56.8 Å². The number of carbonyl (C=O) groups excluding carboxylic acids is 11. The van der Waals surface area contributed by atoms with Crippen LogP contribution in [0.15, 0.2) is 54.6 Å². The Bertz CT molecular complexity index is 2780. The number of nitrogens with one attached hydrogen (secondary N) is 7. The summed E-state index contributed by atoms with van der Waals surface area (Å²) in [5, 5.41) is 56.8. The fraction of sp³-hybridized carbons (Fsp3) is 0.579. The molecule has 13 N–H and O–H groups in total. The zero-order chi connectivity index (χ0) is 62.8.